The fourth-order valence-electron chi connectivity index (χ4n) is 2.38. The number of methoxy groups -OCH3 is 1. The zero-order chi connectivity index (χ0) is 16.7. The van der Waals surface area contributed by atoms with E-state index in [4.69, 9.17) is 9.15 Å². The summed E-state index contributed by atoms with van der Waals surface area (Å²) in [5.74, 6) is 3.55. The van der Waals surface area contributed by atoms with E-state index in [2.05, 4.69) is 27.8 Å². The van der Waals surface area contributed by atoms with Crippen LogP contribution in [0.15, 0.2) is 39.7 Å². The van der Waals surface area contributed by atoms with Gasteiger partial charge in [-0.15, -0.1) is 0 Å². The van der Waals surface area contributed by atoms with Gasteiger partial charge in [0.1, 0.15) is 17.3 Å². The topological polar surface area (TPSA) is 58.8 Å². The molecule has 0 aliphatic rings. The molecule has 0 aliphatic carbocycles. The van der Waals surface area contributed by atoms with Gasteiger partial charge in [-0.05, 0) is 44.0 Å². The smallest absolute Gasteiger partial charge is 0.191 e. The van der Waals surface area contributed by atoms with Gasteiger partial charge in [0.2, 0.25) is 0 Å². The van der Waals surface area contributed by atoms with Crippen LogP contribution in [-0.4, -0.2) is 26.7 Å². The number of nitrogens with zero attached hydrogens (tertiary/aromatic N) is 1. The average Bonchev–Trinajstić information content (AvgIpc) is 2.89. The molecule has 1 aromatic carbocycles. The van der Waals surface area contributed by atoms with Gasteiger partial charge >= 0.3 is 0 Å². The Morgan fingerprint density at radius 3 is 2.48 bits per heavy atom. The van der Waals surface area contributed by atoms with Gasteiger partial charge < -0.3 is 19.8 Å². The molecule has 0 amide bonds. The van der Waals surface area contributed by atoms with Crippen LogP contribution in [0.25, 0.3) is 0 Å². The Balaban J connectivity index is 1.77. The summed E-state index contributed by atoms with van der Waals surface area (Å²) in [4.78, 5) is 4.24. The van der Waals surface area contributed by atoms with Crippen molar-refractivity contribution in [3.8, 4) is 5.75 Å². The Hall–Kier alpha value is -2.43. The Morgan fingerprint density at radius 2 is 1.91 bits per heavy atom. The quantitative estimate of drug-likeness (QED) is 0.636. The molecule has 0 bridgehead atoms. The minimum atomic E-state index is 0.700. The van der Waals surface area contributed by atoms with Gasteiger partial charge in [0.15, 0.2) is 5.96 Å². The highest BCUT2D eigenvalue weighted by Gasteiger charge is 2.05. The fourth-order valence-corrected chi connectivity index (χ4v) is 2.38. The summed E-state index contributed by atoms with van der Waals surface area (Å²) in [7, 11) is 3.45. The van der Waals surface area contributed by atoms with E-state index in [9.17, 15) is 0 Å². The number of rotatable bonds is 6. The maximum atomic E-state index is 5.53. The molecule has 23 heavy (non-hydrogen) atoms. The normalized spacial score (nSPS) is 11.4. The Kier molecular flexibility index (Phi) is 6.09. The largest absolute Gasteiger partial charge is 0.497 e. The number of aryl methyl sites for hydroxylation is 2. The number of furan rings is 1. The van der Waals surface area contributed by atoms with Crippen molar-refractivity contribution in [2.75, 3.05) is 20.7 Å². The number of hydrogen-bond acceptors (Lipinski definition) is 3. The van der Waals surface area contributed by atoms with Gasteiger partial charge in [-0.2, -0.15) is 0 Å². The van der Waals surface area contributed by atoms with Crippen molar-refractivity contribution in [2.24, 2.45) is 4.99 Å². The first kappa shape index (κ1) is 16.9. The number of aliphatic imine (C=N–C) groups is 1. The molecule has 0 aliphatic heterocycles. The molecule has 0 spiro atoms. The van der Waals surface area contributed by atoms with Crippen LogP contribution in [0, 0.1) is 13.8 Å². The molecular formula is C18H25N3O2. The molecule has 1 heterocycles. The monoisotopic (exact) mass is 315 g/mol. The second-order valence-corrected chi connectivity index (χ2v) is 5.39. The van der Waals surface area contributed by atoms with E-state index in [0.29, 0.717) is 6.54 Å². The summed E-state index contributed by atoms with van der Waals surface area (Å²) < 4.78 is 10.7. The standard InChI is InChI=1S/C18H25N3O2/c1-13-11-16(14(2)23-13)12-21-18(19-3)20-10-9-15-5-7-17(22-4)8-6-15/h5-8,11H,9-10,12H2,1-4H3,(H2,19,20,21). The molecule has 2 aromatic rings. The van der Waals surface area contributed by atoms with E-state index >= 15 is 0 Å². The summed E-state index contributed by atoms with van der Waals surface area (Å²) >= 11 is 0. The van der Waals surface area contributed by atoms with Crippen LogP contribution < -0.4 is 15.4 Å². The van der Waals surface area contributed by atoms with E-state index in [0.717, 1.165) is 41.8 Å². The van der Waals surface area contributed by atoms with Crippen LogP contribution in [-0.2, 0) is 13.0 Å². The van der Waals surface area contributed by atoms with Crippen LogP contribution in [0.1, 0.15) is 22.6 Å². The SMILES string of the molecule is CN=C(NCCc1ccc(OC)cc1)NCc1cc(C)oc1C. The van der Waals surface area contributed by atoms with Crippen LogP contribution in [0.2, 0.25) is 0 Å². The average molecular weight is 315 g/mol. The number of hydrogen-bond donors (Lipinski definition) is 2. The molecule has 0 radical (unpaired) electrons. The maximum Gasteiger partial charge on any atom is 0.191 e. The molecule has 2 rings (SSSR count). The second-order valence-electron chi connectivity index (χ2n) is 5.39. The lowest BCUT2D eigenvalue weighted by molar-refractivity contribution is 0.414. The van der Waals surface area contributed by atoms with Crippen molar-refractivity contribution in [3.63, 3.8) is 0 Å². The fraction of sp³-hybridized carbons (Fsp3) is 0.389. The van der Waals surface area contributed by atoms with E-state index < -0.39 is 0 Å². The van der Waals surface area contributed by atoms with E-state index in [1.165, 1.54) is 5.56 Å². The third-order valence-electron chi connectivity index (χ3n) is 3.68. The lowest BCUT2D eigenvalue weighted by atomic mass is 10.1. The van der Waals surface area contributed by atoms with Gasteiger partial charge in [0.25, 0.3) is 0 Å². The predicted octanol–water partition coefficient (Wildman–Crippen LogP) is 2.81. The first-order chi connectivity index (χ1) is 11.1. The lowest BCUT2D eigenvalue weighted by Crippen LogP contribution is -2.37. The Labute approximate surface area is 137 Å². The van der Waals surface area contributed by atoms with Crippen LogP contribution in [0.4, 0.5) is 0 Å². The number of guanidine groups is 1. The highest BCUT2D eigenvalue weighted by molar-refractivity contribution is 5.79. The number of ether oxygens (including phenoxy) is 1. The zero-order valence-corrected chi connectivity index (χ0v) is 14.3. The summed E-state index contributed by atoms with van der Waals surface area (Å²) in [6.07, 6.45) is 0.925. The zero-order valence-electron chi connectivity index (χ0n) is 14.3. The van der Waals surface area contributed by atoms with E-state index in [1.807, 2.05) is 32.0 Å². The highest BCUT2D eigenvalue weighted by atomic mass is 16.5. The van der Waals surface area contributed by atoms with Crippen molar-refractivity contribution in [1.29, 1.82) is 0 Å². The number of benzene rings is 1. The predicted molar refractivity (Wildman–Crippen MR) is 93.1 cm³/mol. The first-order valence-corrected chi connectivity index (χ1v) is 7.75. The molecular weight excluding hydrogens is 290 g/mol. The first-order valence-electron chi connectivity index (χ1n) is 7.75. The summed E-state index contributed by atoms with van der Waals surface area (Å²) in [5.41, 5.74) is 2.41. The Bertz CT molecular complexity index is 645. The molecule has 5 nitrogen and oxygen atoms in total. The lowest BCUT2D eigenvalue weighted by Gasteiger charge is -2.11. The van der Waals surface area contributed by atoms with Gasteiger partial charge in [-0.1, -0.05) is 12.1 Å². The highest BCUT2D eigenvalue weighted by Crippen LogP contribution is 2.13. The van der Waals surface area contributed by atoms with Crippen molar-refractivity contribution in [3.05, 3.63) is 53.0 Å². The molecule has 1 aromatic heterocycles. The summed E-state index contributed by atoms with van der Waals surface area (Å²) in [5, 5.41) is 6.62. The molecule has 0 saturated heterocycles. The Morgan fingerprint density at radius 1 is 1.17 bits per heavy atom. The molecule has 2 N–H and O–H groups in total. The van der Waals surface area contributed by atoms with Gasteiger partial charge in [-0.3, -0.25) is 4.99 Å². The van der Waals surface area contributed by atoms with Crippen molar-refractivity contribution >= 4 is 5.96 Å². The third-order valence-corrected chi connectivity index (χ3v) is 3.68. The molecule has 5 heteroatoms. The van der Waals surface area contributed by atoms with Crippen molar-refractivity contribution in [2.45, 2.75) is 26.8 Å². The van der Waals surface area contributed by atoms with Crippen LogP contribution in [0.3, 0.4) is 0 Å². The van der Waals surface area contributed by atoms with E-state index in [1.54, 1.807) is 14.2 Å². The van der Waals surface area contributed by atoms with Gasteiger partial charge in [-0.25, -0.2) is 0 Å². The van der Waals surface area contributed by atoms with Gasteiger partial charge in [0, 0.05) is 25.7 Å². The summed E-state index contributed by atoms with van der Waals surface area (Å²) in [6.45, 7) is 5.45. The molecule has 0 saturated carbocycles. The van der Waals surface area contributed by atoms with Crippen molar-refractivity contribution < 1.29 is 9.15 Å². The minimum absolute atomic E-state index is 0.700. The van der Waals surface area contributed by atoms with Crippen molar-refractivity contribution in [1.82, 2.24) is 10.6 Å². The minimum Gasteiger partial charge on any atom is -0.497 e. The summed E-state index contributed by atoms with van der Waals surface area (Å²) in [6, 6.07) is 10.2. The van der Waals surface area contributed by atoms with Crippen LogP contribution in [0.5, 0.6) is 5.75 Å². The van der Waals surface area contributed by atoms with Gasteiger partial charge in [0.05, 0.1) is 7.11 Å². The molecule has 0 atom stereocenters. The molecule has 0 fully saturated rings. The maximum absolute atomic E-state index is 5.53. The number of nitrogens with one attached hydrogen (secondary N) is 2. The van der Waals surface area contributed by atoms with E-state index in [-0.39, 0.29) is 0 Å². The third kappa shape index (κ3) is 5.06. The molecule has 0 unspecified atom stereocenters. The second kappa shape index (κ2) is 8.27. The van der Waals surface area contributed by atoms with Crippen LogP contribution >= 0.6 is 0 Å². The molecule has 124 valence electrons.